The Balaban J connectivity index is 2.02. The van der Waals surface area contributed by atoms with Gasteiger partial charge in [0.1, 0.15) is 0 Å². The molecule has 1 aromatic carbocycles. The van der Waals surface area contributed by atoms with Crippen LogP contribution in [-0.4, -0.2) is 13.2 Å². The second-order valence-corrected chi connectivity index (χ2v) is 4.57. The average molecular weight is 190 g/mol. The fraction of sp³-hybridized carbons (Fsp3) is 0.538. The van der Waals surface area contributed by atoms with Crippen molar-refractivity contribution in [3.63, 3.8) is 0 Å². The number of benzene rings is 1. The molecular weight excluding hydrogens is 172 g/mol. The molecule has 0 aromatic heterocycles. The van der Waals surface area contributed by atoms with Crippen LogP contribution in [0.1, 0.15) is 30.9 Å². The van der Waals surface area contributed by atoms with Gasteiger partial charge in [-0.25, -0.2) is 0 Å². The van der Waals surface area contributed by atoms with Gasteiger partial charge in [0.25, 0.3) is 0 Å². The molecule has 0 N–H and O–H groups in total. The largest absolute Gasteiger partial charge is 0.380 e. The minimum absolute atomic E-state index is 0.656. The molecule has 0 aliphatic carbocycles. The van der Waals surface area contributed by atoms with Gasteiger partial charge in [0.05, 0.1) is 13.2 Å². The molecule has 0 saturated carbocycles. The van der Waals surface area contributed by atoms with Crippen LogP contribution in [0.25, 0.3) is 0 Å². The molecule has 1 nitrogen and oxygen atoms in total. The van der Waals surface area contributed by atoms with Crippen molar-refractivity contribution >= 4 is 0 Å². The fourth-order valence-electron chi connectivity index (χ4n) is 1.83. The van der Waals surface area contributed by atoms with Gasteiger partial charge in [0.2, 0.25) is 0 Å². The topological polar surface area (TPSA) is 9.23 Å². The van der Waals surface area contributed by atoms with E-state index < -0.39 is 0 Å². The smallest absolute Gasteiger partial charge is 0.0557 e. The monoisotopic (exact) mass is 190 g/mol. The highest BCUT2D eigenvalue weighted by atomic mass is 16.5. The molecule has 0 radical (unpaired) electrons. The van der Waals surface area contributed by atoms with E-state index in [1.54, 1.807) is 0 Å². The summed E-state index contributed by atoms with van der Waals surface area (Å²) in [5, 5.41) is 0. The Labute approximate surface area is 86.1 Å². The van der Waals surface area contributed by atoms with Gasteiger partial charge >= 0.3 is 0 Å². The van der Waals surface area contributed by atoms with Crippen molar-refractivity contribution in [2.45, 2.75) is 26.2 Å². The predicted molar refractivity (Wildman–Crippen MR) is 58.5 cm³/mol. The lowest BCUT2D eigenvalue weighted by molar-refractivity contribution is 0.00841. The summed E-state index contributed by atoms with van der Waals surface area (Å²) in [6.07, 6.45) is 1.18. The minimum Gasteiger partial charge on any atom is -0.380 e. The van der Waals surface area contributed by atoms with Crippen LogP contribution in [0.2, 0.25) is 0 Å². The molecule has 2 rings (SSSR count). The van der Waals surface area contributed by atoms with Gasteiger partial charge in [-0.1, -0.05) is 38.1 Å². The summed E-state index contributed by atoms with van der Waals surface area (Å²) >= 11 is 0. The van der Waals surface area contributed by atoms with Gasteiger partial charge in [0, 0.05) is 5.92 Å². The second kappa shape index (κ2) is 4.14. The van der Waals surface area contributed by atoms with Crippen molar-refractivity contribution < 1.29 is 4.74 Å². The van der Waals surface area contributed by atoms with Crippen LogP contribution < -0.4 is 0 Å². The predicted octanol–water partition coefficient (Wildman–Crippen LogP) is 3.00. The lowest BCUT2D eigenvalue weighted by Crippen LogP contribution is -2.24. The van der Waals surface area contributed by atoms with E-state index in [1.165, 1.54) is 17.5 Å². The van der Waals surface area contributed by atoms with Crippen LogP contribution in [0.15, 0.2) is 24.3 Å². The first-order chi connectivity index (χ1) is 6.75. The van der Waals surface area contributed by atoms with Gasteiger partial charge in [0.15, 0.2) is 0 Å². The Morgan fingerprint density at radius 2 is 1.86 bits per heavy atom. The number of rotatable bonds is 3. The molecule has 0 bridgehead atoms. The van der Waals surface area contributed by atoms with Crippen molar-refractivity contribution in [2.24, 2.45) is 5.92 Å². The fourth-order valence-corrected chi connectivity index (χ4v) is 1.83. The normalized spacial score (nSPS) is 17.1. The summed E-state index contributed by atoms with van der Waals surface area (Å²) in [6.45, 7) is 6.33. The minimum atomic E-state index is 0.656. The highest BCUT2D eigenvalue weighted by Crippen LogP contribution is 2.24. The maximum atomic E-state index is 5.18. The Hall–Kier alpha value is -0.820. The Morgan fingerprint density at radius 1 is 1.21 bits per heavy atom. The van der Waals surface area contributed by atoms with Gasteiger partial charge in [-0.05, 0) is 23.5 Å². The second-order valence-electron chi connectivity index (χ2n) is 4.57. The molecule has 0 atom stereocenters. The van der Waals surface area contributed by atoms with E-state index in [0.717, 1.165) is 19.1 Å². The molecule has 1 fully saturated rings. The first kappa shape index (κ1) is 9.72. The highest BCUT2D eigenvalue weighted by Gasteiger charge is 2.19. The number of ether oxygens (including phenoxy) is 1. The highest BCUT2D eigenvalue weighted by molar-refractivity contribution is 5.26. The molecule has 1 aliphatic rings. The van der Waals surface area contributed by atoms with E-state index in [-0.39, 0.29) is 0 Å². The van der Waals surface area contributed by atoms with E-state index in [4.69, 9.17) is 4.74 Å². The van der Waals surface area contributed by atoms with Crippen LogP contribution in [0.5, 0.6) is 0 Å². The zero-order valence-corrected chi connectivity index (χ0v) is 8.99. The summed E-state index contributed by atoms with van der Waals surface area (Å²) in [4.78, 5) is 0. The van der Waals surface area contributed by atoms with Crippen molar-refractivity contribution in [3.8, 4) is 0 Å². The first-order valence-corrected chi connectivity index (χ1v) is 5.42. The van der Waals surface area contributed by atoms with Crippen molar-refractivity contribution in [3.05, 3.63) is 35.4 Å². The summed E-state index contributed by atoms with van der Waals surface area (Å²) < 4.78 is 5.18. The van der Waals surface area contributed by atoms with E-state index in [0.29, 0.717) is 5.92 Å². The third-order valence-electron chi connectivity index (χ3n) is 2.73. The molecule has 1 heterocycles. The van der Waals surface area contributed by atoms with E-state index in [9.17, 15) is 0 Å². The van der Waals surface area contributed by atoms with Crippen LogP contribution in [0.3, 0.4) is 0 Å². The molecule has 1 saturated heterocycles. The molecule has 1 aromatic rings. The lowest BCUT2D eigenvalue weighted by Gasteiger charge is -2.26. The number of hydrogen-bond donors (Lipinski definition) is 0. The van der Waals surface area contributed by atoms with Crippen LogP contribution >= 0.6 is 0 Å². The van der Waals surface area contributed by atoms with E-state index in [2.05, 4.69) is 38.1 Å². The van der Waals surface area contributed by atoms with Crippen molar-refractivity contribution in [2.75, 3.05) is 13.2 Å². The molecule has 0 spiro atoms. The van der Waals surface area contributed by atoms with Crippen LogP contribution in [-0.2, 0) is 11.2 Å². The van der Waals surface area contributed by atoms with E-state index >= 15 is 0 Å². The standard InChI is InChI=1S/C13H18O/c1-10(2)7-11-3-5-12(6-4-11)13-8-14-9-13/h3-6,10,13H,7-9H2,1-2H3. The molecule has 0 unspecified atom stereocenters. The van der Waals surface area contributed by atoms with Crippen LogP contribution in [0.4, 0.5) is 0 Å². The Bertz CT molecular complexity index is 283. The maximum absolute atomic E-state index is 5.18. The van der Waals surface area contributed by atoms with Gasteiger partial charge < -0.3 is 4.74 Å². The molecule has 76 valence electrons. The van der Waals surface area contributed by atoms with Crippen LogP contribution in [0, 0.1) is 5.92 Å². The Morgan fingerprint density at radius 3 is 2.29 bits per heavy atom. The van der Waals surface area contributed by atoms with Gasteiger partial charge in [-0.3, -0.25) is 0 Å². The molecule has 1 aliphatic heterocycles. The van der Waals surface area contributed by atoms with Crippen molar-refractivity contribution in [1.29, 1.82) is 0 Å². The zero-order chi connectivity index (χ0) is 9.97. The third-order valence-corrected chi connectivity index (χ3v) is 2.73. The molecule has 0 amide bonds. The molecule has 1 heteroatoms. The summed E-state index contributed by atoms with van der Waals surface area (Å²) in [7, 11) is 0. The summed E-state index contributed by atoms with van der Waals surface area (Å²) in [5.74, 6) is 1.40. The third kappa shape index (κ3) is 2.16. The lowest BCUT2D eigenvalue weighted by atomic mass is 9.95. The SMILES string of the molecule is CC(C)Cc1ccc(C2COC2)cc1. The van der Waals surface area contributed by atoms with Crippen molar-refractivity contribution in [1.82, 2.24) is 0 Å². The maximum Gasteiger partial charge on any atom is 0.0557 e. The quantitative estimate of drug-likeness (QED) is 0.712. The molecular formula is C13H18O. The number of hydrogen-bond acceptors (Lipinski definition) is 1. The first-order valence-electron chi connectivity index (χ1n) is 5.42. The van der Waals surface area contributed by atoms with E-state index in [1.807, 2.05) is 0 Å². The summed E-state index contributed by atoms with van der Waals surface area (Å²) in [5.41, 5.74) is 2.88. The molecule has 14 heavy (non-hydrogen) atoms. The summed E-state index contributed by atoms with van der Waals surface area (Å²) in [6, 6.07) is 9.02. The Kier molecular flexibility index (Phi) is 2.87. The van der Waals surface area contributed by atoms with Gasteiger partial charge in [-0.15, -0.1) is 0 Å². The zero-order valence-electron chi connectivity index (χ0n) is 8.99. The van der Waals surface area contributed by atoms with Gasteiger partial charge in [-0.2, -0.15) is 0 Å². The average Bonchev–Trinajstić information content (AvgIpc) is 2.04.